The first-order chi connectivity index (χ1) is 16.0. The second-order valence-corrected chi connectivity index (χ2v) is 13.1. The maximum absolute atomic E-state index is 14.9. The number of aliphatic hydroxyl groups excluding tert-OH is 1. The van der Waals surface area contributed by atoms with Gasteiger partial charge in [0.05, 0.1) is 25.8 Å². The number of ether oxygens (including phenoxy) is 1. The summed E-state index contributed by atoms with van der Waals surface area (Å²) in [7, 11) is -2.81. The van der Waals surface area contributed by atoms with Crippen molar-refractivity contribution in [3.05, 3.63) is 0 Å². The van der Waals surface area contributed by atoms with Gasteiger partial charge in [0.25, 0.3) is 0 Å². The van der Waals surface area contributed by atoms with E-state index in [9.17, 15) is 23.7 Å². The van der Waals surface area contributed by atoms with Crippen LogP contribution in [0.1, 0.15) is 54.4 Å². The van der Waals surface area contributed by atoms with Gasteiger partial charge in [0.2, 0.25) is 5.67 Å². The lowest BCUT2D eigenvalue weighted by Crippen LogP contribution is -2.45. The highest BCUT2D eigenvalue weighted by Gasteiger charge is 2.55. The molecule has 1 rings (SSSR count). The molecule has 1 aliphatic rings. The molecule has 0 amide bonds. The number of ketones is 1. The molecule has 5 atom stereocenters. The van der Waals surface area contributed by atoms with Gasteiger partial charge < -0.3 is 9.84 Å². The fourth-order valence-electron chi connectivity index (χ4n) is 2.98. The van der Waals surface area contributed by atoms with Gasteiger partial charge in [-0.15, -0.1) is 6.42 Å². The summed E-state index contributed by atoms with van der Waals surface area (Å²) in [6, 6.07) is -1.17. The molecule has 0 aliphatic carbocycles. The Morgan fingerprint density at radius 3 is 2.26 bits per heavy atom. The molecule has 0 aromatic rings. The summed E-state index contributed by atoms with van der Waals surface area (Å²) in [6.07, 6.45) is 2.82. The minimum Gasteiger partial charge on any atom is -0.386 e. The fraction of sp³-hybridized carbons (Fsp3) is 0.826. The normalized spacial score (nSPS) is 26.7. The highest BCUT2D eigenvalue weighted by atomic mass is 32.2. The van der Waals surface area contributed by atoms with E-state index in [4.69, 9.17) is 24.7 Å². The van der Waals surface area contributed by atoms with Crippen LogP contribution in [-0.2, 0) is 32.5 Å². The molecule has 1 N–H and O–H groups in total. The van der Waals surface area contributed by atoms with Crippen LogP contribution < -0.4 is 0 Å². The molecule has 1 saturated heterocycles. The maximum Gasteiger partial charge on any atom is 0.474 e. The first kappa shape index (κ1) is 32.3. The Bertz CT molecular complexity index is 784. The van der Waals surface area contributed by atoms with Crippen molar-refractivity contribution in [1.29, 1.82) is 0 Å². The number of phosphoric ester groups is 1. The van der Waals surface area contributed by atoms with E-state index in [1.54, 1.807) is 48.4 Å². The number of rotatable bonds is 13. The van der Waals surface area contributed by atoms with Gasteiger partial charge in [-0.05, 0) is 6.42 Å². The molecule has 8 nitrogen and oxygen atoms in total. The molecule has 1 heterocycles. The number of Topliss-reactive ketones (excluding diaryl/α,β-unsaturated/α-hetero) is 1. The summed E-state index contributed by atoms with van der Waals surface area (Å²) in [6.45, 7) is 11.6. The smallest absolute Gasteiger partial charge is 0.386 e. The van der Waals surface area contributed by atoms with Gasteiger partial charge >= 0.3 is 7.82 Å². The van der Waals surface area contributed by atoms with Gasteiger partial charge in [0.15, 0.2) is 12.4 Å². The predicted octanol–water partition coefficient (Wildman–Crippen LogP) is 4.03. The van der Waals surface area contributed by atoms with E-state index in [2.05, 4.69) is 0 Å². The molecule has 0 aromatic carbocycles. The van der Waals surface area contributed by atoms with Crippen LogP contribution in [0.2, 0.25) is 6.82 Å². The molecule has 1 radical (unpaired) electrons. The van der Waals surface area contributed by atoms with Crippen LogP contribution in [0, 0.1) is 23.2 Å². The fourth-order valence-corrected chi connectivity index (χ4v) is 5.11. The zero-order chi connectivity index (χ0) is 27.1. The number of terminal acetylenes is 1. The van der Waals surface area contributed by atoms with Crippen molar-refractivity contribution in [2.24, 2.45) is 10.8 Å². The molecular weight excluding hydrogens is 497 g/mol. The van der Waals surface area contributed by atoms with Crippen LogP contribution >= 0.6 is 19.6 Å². The van der Waals surface area contributed by atoms with Crippen LogP contribution in [0.3, 0.4) is 0 Å². The molecule has 1 aliphatic heterocycles. The third-order valence-electron chi connectivity index (χ3n) is 5.25. The molecule has 0 aromatic heterocycles. The largest absolute Gasteiger partial charge is 0.474 e. The Kier molecular flexibility index (Phi) is 12.2. The van der Waals surface area contributed by atoms with Crippen LogP contribution in [0.4, 0.5) is 4.39 Å². The number of carbonyl (C=O) groups excluding carboxylic acids is 2. The maximum atomic E-state index is 14.9. The molecule has 1 unspecified atom stereocenters. The molecule has 35 heavy (non-hydrogen) atoms. The number of hydrogen-bond acceptors (Lipinski definition) is 9. The Hall–Kier alpha value is -0.725. The van der Waals surface area contributed by atoms with Crippen LogP contribution in [-0.4, -0.2) is 72.7 Å². The summed E-state index contributed by atoms with van der Waals surface area (Å²) < 4.78 is 49.7. The van der Waals surface area contributed by atoms with Gasteiger partial charge in [-0.1, -0.05) is 66.0 Å². The van der Waals surface area contributed by atoms with Crippen molar-refractivity contribution in [3.8, 4) is 12.3 Å². The van der Waals surface area contributed by atoms with Gasteiger partial charge in [-0.2, -0.15) is 0 Å². The standard InChI is InChI=1S/C23H38BFO8PS/c1-9-23(25)18(27)16(33-19(23)24-8)15-32-34(29,30-12-10-11-17(26)21(2,3)4)31-13-14-35-20(28)22(5,6)7/h1,16,18-19,27H,10-15H2,2-8H3/t16-,18-,19-,23-,34?/m1/s1. The van der Waals surface area contributed by atoms with Gasteiger partial charge in [0.1, 0.15) is 18.0 Å². The van der Waals surface area contributed by atoms with E-state index < -0.39 is 49.1 Å². The number of hydrogen-bond donors (Lipinski definition) is 1. The van der Waals surface area contributed by atoms with Crippen LogP contribution in [0.25, 0.3) is 0 Å². The quantitative estimate of drug-likeness (QED) is 0.162. The zero-order valence-electron chi connectivity index (χ0n) is 21.7. The van der Waals surface area contributed by atoms with Crippen molar-refractivity contribution in [2.45, 2.75) is 85.1 Å². The Labute approximate surface area is 213 Å². The van der Waals surface area contributed by atoms with E-state index in [0.717, 1.165) is 11.8 Å². The summed E-state index contributed by atoms with van der Waals surface area (Å²) in [5.74, 6) is 2.15. The molecule has 0 saturated carbocycles. The number of carbonyl (C=O) groups is 2. The Balaban J connectivity index is 2.77. The van der Waals surface area contributed by atoms with E-state index >= 15 is 0 Å². The SMILES string of the molecule is C#C[C@]1(F)[C@H]([B]C)O[C@H](COP(=O)(OCCCC(=O)C(C)(C)C)OCCSC(=O)C(C)(C)C)[C@H]1O. The van der Waals surface area contributed by atoms with Gasteiger partial charge in [0, 0.05) is 23.0 Å². The first-order valence-corrected chi connectivity index (χ1v) is 14.0. The molecule has 0 bridgehead atoms. The van der Waals surface area contributed by atoms with Crippen molar-refractivity contribution in [3.63, 3.8) is 0 Å². The van der Waals surface area contributed by atoms with Crippen LogP contribution in [0.15, 0.2) is 0 Å². The second kappa shape index (κ2) is 13.2. The Morgan fingerprint density at radius 2 is 1.77 bits per heavy atom. The lowest BCUT2D eigenvalue weighted by molar-refractivity contribution is -0.126. The number of thioether (sulfide) groups is 1. The van der Waals surface area contributed by atoms with Crippen molar-refractivity contribution in [1.82, 2.24) is 0 Å². The molecule has 0 spiro atoms. The number of aliphatic hydroxyl groups is 1. The first-order valence-electron chi connectivity index (χ1n) is 11.5. The average molecular weight is 535 g/mol. The minimum atomic E-state index is -4.19. The lowest BCUT2D eigenvalue weighted by Gasteiger charge is -2.23. The van der Waals surface area contributed by atoms with E-state index in [-0.39, 0.29) is 42.7 Å². The Morgan fingerprint density at radius 1 is 1.17 bits per heavy atom. The lowest BCUT2D eigenvalue weighted by atomic mass is 9.67. The minimum absolute atomic E-state index is 0.0211. The van der Waals surface area contributed by atoms with Gasteiger partial charge in [-0.3, -0.25) is 23.2 Å². The molecule has 1 fully saturated rings. The number of halogens is 1. The van der Waals surface area contributed by atoms with Crippen molar-refractivity contribution >= 4 is 37.8 Å². The third-order valence-corrected chi connectivity index (χ3v) is 7.96. The summed E-state index contributed by atoms with van der Waals surface area (Å²) in [5.41, 5.74) is -3.50. The van der Waals surface area contributed by atoms with Gasteiger partial charge in [-0.25, -0.2) is 8.96 Å². The van der Waals surface area contributed by atoms with Crippen molar-refractivity contribution < 1.29 is 42.0 Å². The van der Waals surface area contributed by atoms with E-state index in [0.29, 0.717) is 0 Å². The molecule has 199 valence electrons. The molecule has 12 heteroatoms. The van der Waals surface area contributed by atoms with Crippen LogP contribution in [0.5, 0.6) is 0 Å². The highest BCUT2D eigenvalue weighted by molar-refractivity contribution is 8.13. The number of alkyl halides is 1. The second-order valence-electron chi connectivity index (χ2n) is 10.4. The summed E-state index contributed by atoms with van der Waals surface area (Å²) >= 11 is 1.03. The summed E-state index contributed by atoms with van der Waals surface area (Å²) in [5, 5.41) is 10.3. The topological polar surface area (TPSA) is 108 Å². The summed E-state index contributed by atoms with van der Waals surface area (Å²) in [4.78, 5) is 24.2. The van der Waals surface area contributed by atoms with E-state index in [1.165, 1.54) is 7.28 Å². The average Bonchev–Trinajstić information content (AvgIpc) is 3.01. The molecular formula is C23H38BFO8PS. The third kappa shape index (κ3) is 9.58. The van der Waals surface area contributed by atoms with E-state index in [1.807, 2.05) is 5.92 Å². The van der Waals surface area contributed by atoms with Crippen molar-refractivity contribution in [2.75, 3.05) is 25.6 Å². The number of phosphoric acid groups is 1. The monoisotopic (exact) mass is 535 g/mol. The zero-order valence-corrected chi connectivity index (χ0v) is 23.4. The highest BCUT2D eigenvalue weighted by Crippen LogP contribution is 2.50. The predicted molar refractivity (Wildman–Crippen MR) is 135 cm³/mol.